The summed E-state index contributed by atoms with van der Waals surface area (Å²) in [6.45, 7) is 0. The number of phenols is 1. The summed E-state index contributed by atoms with van der Waals surface area (Å²) in [6.07, 6.45) is 0.332. The van der Waals surface area contributed by atoms with Crippen molar-refractivity contribution in [3.05, 3.63) is 96.1 Å². The number of aromatic hydroxyl groups is 1. The van der Waals surface area contributed by atoms with E-state index in [0.29, 0.717) is 17.7 Å². The van der Waals surface area contributed by atoms with Gasteiger partial charge >= 0.3 is 0 Å². The monoisotopic (exact) mass is 360 g/mol. The standard InChI is InChI=1S/C22H20N2O3/c25-20-14-8-7-13-18(20)23-22(27)19(15-16-9-3-1-4-10-16)24-21(26)17-11-5-2-6-12-17/h1-14,19,25H,15H2,(H,23,27)(H,24,26). The molecule has 136 valence electrons. The van der Waals surface area contributed by atoms with Gasteiger partial charge in [-0.2, -0.15) is 0 Å². The lowest BCUT2D eigenvalue weighted by atomic mass is 10.0. The molecule has 0 aliphatic carbocycles. The van der Waals surface area contributed by atoms with E-state index in [1.807, 2.05) is 36.4 Å². The van der Waals surface area contributed by atoms with Crippen LogP contribution in [0.1, 0.15) is 15.9 Å². The van der Waals surface area contributed by atoms with Gasteiger partial charge in [0.1, 0.15) is 11.8 Å². The minimum Gasteiger partial charge on any atom is -0.506 e. The molecule has 3 N–H and O–H groups in total. The van der Waals surface area contributed by atoms with E-state index < -0.39 is 11.9 Å². The van der Waals surface area contributed by atoms with Crippen LogP contribution >= 0.6 is 0 Å². The van der Waals surface area contributed by atoms with Crippen molar-refractivity contribution >= 4 is 17.5 Å². The molecule has 3 rings (SSSR count). The predicted molar refractivity (Wildman–Crippen MR) is 105 cm³/mol. The van der Waals surface area contributed by atoms with Gasteiger partial charge in [-0.3, -0.25) is 9.59 Å². The number of amides is 2. The quantitative estimate of drug-likeness (QED) is 0.590. The van der Waals surface area contributed by atoms with Crippen molar-refractivity contribution < 1.29 is 14.7 Å². The Bertz CT molecular complexity index is 911. The van der Waals surface area contributed by atoms with Crippen LogP contribution in [0.25, 0.3) is 0 Å². The Morgan fingerprint density at radius 3 is 2.07 bits per heavy atom. The van der Waals surface area contributed by atoms with Crippen LogP contribution in [0.3, 0.4) is 0 Å². The molecule has 0 saturated heterocycles. The molecule has 3 aromatic rings. The van der Waals surface area contributed by atoms with Gasteiger partial charge in [0, 0.05) is 12.0 Å². The number of rotatable bonds is 6. The zero-order chi connectivity index (χ0) is 19.1. The van der Waals surface area contributed by atoms with Gasteiger partial charge in [0.25, 0.3) is 5.91 Å². The summed E-state index contributed by atoms with van der Waals surface area (Å²) in [5.74, 6) is -0.757. The third kappa shape index (κ3) is 4.95. The van der Waals surface area contributed by atoms with Crippen molar-refractivity contribution in [1.29, 1.82) is 0 Å². The highest BCUT2D eigenvalue weighted by Gasteiger charge is 2.22. The van der Waals surface area contributed by atoms with E-state index in [-0.39, 0.29) is 11.7 Å². The number of benzene rings is 3. The van der Waals surface area contributed by atoms with Gasteiger partial charge in [-0.15, -0.1) is 0 Å². The van der Waals surface area contributed by atoms with Crippen LogP contribution < -0.4 is 10.6 Å². The van der Waals surface area contributed by atoms with Crippen molar-refractivity contribution in [2.45, 2.75) is 12.5 Å². The van der Waals surface area contributed by atoms with Crippen LogP contribution in [0.2, 0.25) is 0 Å². The van der Waals surface area contributed by atoms with E-state index in [2.05, 4.69) is 10.6 Å². The fraction of sp³-hybridized carbons (Fsp3) is 0.0909. The highest BCUT2D eigenvalue weighted by atomic mass is 16.3. The number of phenolic OH excluding ortho intramolecular Hbond substituents is 1. The summed E-state index contributed by atoms with van der Waals surface area (Å²) >= 11 is 0. The smallest absolute Gasteiger partial charge is 0.251 e. The maximum absolute atomic E-state index is 12.8. The third-order valence-electron chi connectivity index (χ3n) is 4.10. The second-order valence-corrected chi connectivity index (χ2v) is 6.09. The number of para-hydroxylation sites is 2. The van der Waals surface area contributed by atoms with E-state index in [0.717, 1.165) is 5.56 Å². The molecular formula is C22H20N2O3. The lowest BCUT2D eigenvalue weighted by molar-refractivity contribution is -0.118. The van der Waals surface area contributed by atoms with Crippen molar-refractivity contribution in [3.63, 3.8) is 0 Å². The molecule has 5 heteroatoms. The number of hydrogen-bond acceptors (Lipinski definition) is 3. The van der Waals surface area contributed by atoms with Crippen molar-refractivity contribution in [1.82, 2.24) is 5.32 Å². The highest BCUT2D eigenvalue weighted by Crippen LogP contribution is 2.22. The average Bonchev–Trinajstić information content (AvgIpc) is 2.70. The van der Waals surface area contributed by atoms with Gasteiger partial charge in [0.05, 0.1) is 5.69 Å². The summed E-state index contributed by atoms with van der Waals surface area (Å²) in [4.78, 5) is 25.3. The zero-order valence-electron chi connectivity index (χ0n) is 14.6. The van der Waals surface area contributed by atoms with E-state index in [9.17, 15) is 14.7 Å². The minimum atomic E-state index is -0.792. The molecule has 0 bridgehead atoms. The Hall–Kier alpha value is -3.60. The van der Waals surface area contributed by atoms with Crippen LogP contribution in [-0.4, -0.2) is 23.0 Å². The van der Waals surface area contributed by atoms with Gasteiger partial charge in [-0.05, 0) is 29.8 Å². The molecule has 0 heterocycles. The van der Waals surface area contributed by atoms with E-state index in [4.69, 9.17) is 0 Å². The fourth-order valence-corrected chi connectivity index (χ4v) is 2.69. The van der Waals surface area contributed by atoms with Gasteiger partial charge in [-0.1, -0.05) is 60.7 Å². The van der Waals surface area contributed by atoms with Crippen LogP contribution in [-0.2, 0) is 11.2 Å². The molecule has 1 unspecified atom stereocenters. The lowest BCUT2D eigenvalue weighted by Crippen LogP contribution is -2.45. The van der Waals surface area contributed by atoms with Crippen molar-refractivity contribution in [2.24, 2.45) is 0 Å². The summed E-state index contributed by atoms with van der Waals surface area (Å²) in [5.41, 5.74) is 1.70. The normalized spacial score (nSPS) is 11.4. The first-order valence-electron chi connectivity index (χ1n) is 8.62. The first-order chi connectivity index (χ1) is 13.1. The van der Waals surface area contributed by atoms with Crippen LogP contribution in [0, 0.1) is 0 Å². The van der Waals surface area contributed by atoms with Gasteiger partial charge in [-0.25, -0.2) is 0 Å². The highest BCUT2D eigenvalue weighted by molar-refractivity contribution is 6.01. The molecule has 2 amide bonds. The molecule has 0 aliphatic rings. The van der Waals surface area contributed by atoms with Gasteiger partial charge in [0.15, 0.2) is 0 Å². The number of carbonyl (C=O) groups is 2. The second kappa shape index (κ2) is 8.67. The number of nitrogens with one attached hydrogen (secondary N) is 2. The van der Waals surface area contributed by atoms with Gasteiger partial charge in [0.2, 0.25) is 5.91 Å². The van der Waals surface area contributed by atoms with Crippen molar-refractivity contribution in [3.8, 4) is 5.75 Å². The maximum Gasteiger partial charge on any atom is 0.251 e. The fourth-order valence-electron chi connectivity index (χ4n) is 2.69. The van der Waals surface area contributed by atoms with E-state index in [1.54, 1.807) is 42.5 Å². The third-order valence-corrected chi connectivity index (χ3v) is 4.10. The molecule has 0 fully saturated rings. The summed E-state index contributed by atoms with van der Waals surface area (Å²) < 4.78 is 0. The Kier molecular flexibility index (Phi) is 5.84. The topological polar surface area (TPSA) is 78.4 Å². The number of anilines is 1. The molecule has 0 saturated carbocycles. The molecule has 1 atom stereocenters. The molecule has 0 spiro atoms. The lowest BCUT2D eigenvalue weighted by Gasteiger charge is -2.19. The number of hydrogen-bond donors (Lipinski definition) is 3. The summed E-state index contributed by atoms with van der Waals surface area (Å²) in [7, 11) is 0. The zero-order valence-corrected chi connectivity index (χ0v) is 14.6. The number of carbonyl (C=O) groups excluding carboxylic acids is 2. The Morgan fingerprint density at radius 2 is 1.41 bits per heavy atom. The SMILES string of the molecule is O=C(NC(Cc1ccccc1)C(=O)Nc1ccccc1O)c1ccccc1. The first-order valence-corrected chi connectivity index (χ1v) is 8.62. The van der Waals surface area contributed by atoms with E-state index in [1.165, 1.54) is 6.07 Å². The van der Waals surface area contributed by atoms with Crippen LogP contribution in [0.15, 0.2) is 84.9 Å². The predicted octanol–water partition coefficient (Wildman–Crippen LogP) is 3.37. The molecule has 5 nitrogen and oxygen atoms in total. The summed E-state index contributed by atoms with van der Waals surface area (Å²) in [6, 6.07) is 23.9. The first kappa shape index (κ1) is 18.2. The van der Waals surface area contributed by atoms with E-state index >= 15 is 0 Å². The molecule has 0 aliphatic heterocycles. The summed E-state index contributed by atoms with van der Waals surface area (Å²) in [5, 5.41) is 15.4. The molecular weight excluding hydrogens is 340 g/mol. The molecule has 0 aromatic heterocycles. The van der Waals surface area contributed by atoms with Crippen LogP contribution in [0.4, 0.5) is 5.69 Å². The minimum absolute atomic E-state index is 0.0290. The Morgan fingerprint density at radius 1 is 0.815 bits per heavy atom. The Labute approximate surface area is 157 Å². The van der Waals surface area contributed by atoms with Crippen LogP contribution in [0.5, 0.6) is 5.75 Å². The largest absolute Gasteiger partial charge is 0.506 e. The molecule has 3 aromatic carbocycles. The van der Waals surface area contributed by atoms with Gasteiger partial charge < -0.3 is 15.7 Å². The second-order valence-electron chi connectivity index (χ2n) is 6.09. The Balaban J connectivity index is 1.79. The average molecular weight is 360 g/mol. The van der Waals surface area contributed by atoms with Crippen molar-refractivity contribution in [2.75, 3.05) is 5.32 Å². The molecule has 0 radical (unpaired) electrons. The molecule has 27 heavy (non-hydrogen) atoms. The maximum atomic E-state index is 12.8.